The third kappa shape index (κ3) is 3.69. The summed E-state index contributed by atoms with van der Waals surface area (Å²) in [5.41, 5.74) is -1.20. The molecule has 0 fully saturated rings. The van der Waals surface area contributed by atoms with Crippen molar-refractivity contribution in [2.45, 2.75) is 34.9 Å². The van der Waals surface area contributed by atoms with Gasteiger partial charge >= 0.3 is 155 Å². The number of hydrogen-bond donors (Lipinski definition) is 0. The Hall–Kier alpha value is -0.111. The summed E-state index contributed by atoms with van der Waals surface area (Å²) in [5, 5.41) is 0.816. The Kier molecular flexibility index (Phi) is 4.64. The summed E-state index contributed by atoms with van der Waals surface area (Å²) in [5.74, 6) is 0. The van der Waals surface area contributed by atoms with Crippen LogP contribution in [0.1, 0.15) is 12.5 Å². The summed E-state index contributed by atoms with van der Waals surface area (Å²) in [6.07, 6.45) is -4.49. The van der Waals surface area contributed by atoms with Gasteiger partial charge in [-0.3, -0.25) is 0 Å². The van der Waals surface area contributed by atoms with Crippen LogP contribution in [-0.4, -0.2) is 24.4 Å². The van der Waals surface area contributed by atoms with Crippen molar-refractivity contribution in [3.05, 3.63) is 34.1 Å². The molecule has 11 heteroatoms. The zero-order valence-electron chi connectivity index (χ0n) is 12.0. The number of alkyl halides is 3. The second kappa shape index (κ2) is 5.96. The molecule has 2 heterocycles. The molecule has 3 rings (SSSR count). The van der Waals surface area contributed by atoms with E-state index in [-0.39, 0.29) is 16.5 Å². The zero-order chi connectivity index (χ0) is 17.9. The summed E-state index contributed by atoms with van der Waals surface area (Å²) in [7, 11) is 14.9. The summed E-state index contributed by atoms with van der Waals surface area (Å²) in [6, 6.07) is 2.93. The average molecular weight is 485 g/mol. The minimum atomic E-state index is -4.49. The third-order valence-electron chi connectivity index (χ3n) is 3.55. The van der Waals surface area contributed by atoms with Crippen molar-refractivity contribution >= 4 is 63.1 Å². The van der Waals surface area contributed by atoms with Gasteiger partial charge in [0.15, 0.2) is 0 Å². The van der Waals surface area contributed by atoms with Gasteiger partial charge in [0.25, 0.3) is 0 Å². The van der Waals surface area contributed by atoms with Gasteiger partial charge in [0.1, 0.15) is 0 Å². The van der Waals surface area contributed by atoms with E-state index in [1.54, 1.807) is 0 Å². The van der Waals surface area contributed by atoms with Crippen molar-refractivity contribution in [2.75, 3.05) is 0 Å². The van der Waals surface area contributed by atoms with Crippen LogP contribution < -0.4 is 5.56 Å². The van der Waals surface area contributed by atoms with Crippen LogP contribution in [0.4, 0.5) is 13.2 Å². The van der Waals surface area contributed by atoms with Crippen molar-refractivity contribution in [1.29, 1.82) is 0 Å². The molecule has 3 nitrogen and oxygen atoms in total. The van der Waals surface area contributed by atoms with E-state index < -0.39 is 26.6 Å². The Morgan fingerprint density at radius 2 is 2.04 bits per heavy atom. The molecule has 0 amide bonds. The fraction of sp³-hybridized carbons (Fsp3) is 0.385. The molecule has 1 aromatic carbocycles. The molecule has 0 spiro atoms. The number of rotatable bonds is 2. The maximum absolute atomic E-state index is 12.8. The topological polar surface area (TPSA) is 34.9 Å². The second-order valence-electron chi connectivity index (χ2n) is 5.71. The molecule has 0 bridgehead atoms. The molecular weight excluding hydrogens is 475 g/mol. The molecule has 1 aliphatic rings. The van der Waals surface area contributed by atoms with Gasteiger partial charge in [-0.05, 0) is 0 Å². The fourth-order valence-corrected chi connectivity index (χ4v) is 11.4. The number of hydrogen-bond acceptors (Lipinski definition) is 3. The summed E-state index contributed by atoms with van der Waals surface area (Å²) in [4.78, 5) is 16.8. The Morgan fingerprint density at radius 1 is 1.38 bits per heavy atom. The Balaban J connectivity index is 2.09. The van der Waals surface area contributed by atoms with Gasteiger partial charge in [0.2, 0.25) is 0 Å². The van der Waals surface area contributed by atoms with E-state index in [0.717, 1.165) is 18.2 Å². The molecule has 0 radical (unpaired) electrons. The van der Waals surface area contributed by atoms with Crippen molar-refractivity contribution in [2.24, 2.45) is 0 Å². The normalized spacial score (nSPS) is 22.0. The first-order valence-electron chi connectivity index (χ1n) is 6.59. The quantitative estimate of drug-likeness (QED) is 0.448. The predicted octanol–water partition coefficient (Wildman–Crippen LogP) is 4.94. The van der Waals surface area contributed by atoms with Gasteiger partial charge < -0.3 is 0 Å². The molecule has 1 aliphatic heterocycles. The summed E-state index contributed by atoms with van der Waals surface area (Å²) < 4.78 is 39.5. The van der Waals surface area contributed by atoms with Gasteiger partial charge in [0.05, 0.1) is 0 Å². The van der Waals surface area contributed by atoms with Crippen molar-refractivity contribution in [1.82, 2.24) is 9.55 Å². The molecule has 1 atom stereocenters. The summed E-state index contributed by atoms with van der Waals surface area (Å²) >= 11 is 1.26. The number of fused-ring (bicyclic) bond motifs is 2. The SMILES string of the molecule is CC1(C[Se](Cl)(Cl)Cl)Cn2c(nc3cc(C(F)(F)F)ccc3c2=O)S1. The van der Waals surface area contributed by atoms with Crippen LogP contribution in [0.2, 0.25) is 5.32 Å². The third-order valence-corrected chi connectivity index (χ3v) is 8.94. The molecule has 0 saturated heterocycles. The number of aromatic nitrogens is 2. The van der Waals surface area contributed by atoms with Crippen LogP contribution >= 0.6 is 42.1 Å². The second-order valence-corrected chi connectivity index (χ2v) is 20.7. The Bertz CT molecular complexity index is 884. The van der Waals surface area contributed by atoms with E-state index >= 15 is 0 Å². The molecule has 1 unspecified atom stereocenters. The number of thioether (sulfide) groups is 1. The van der Waals surface area contributed by atoms with Gasteiger partial charge in [-0.15, -0.1) is 0 Å². The maximum atomic E-state index is 12.8. The van der Waals surface area contributed by atoms with Gasteiger partial charge in [0, 0.05) is 0 Å². The Labute approximate surface area is 154 Å². The van der Waals surface area contributed by atoms with Crippen LogP contribution in [-0.2, 0) is 12.7 Å². The van der Waals surface area contributed by atoms with Crippen molar-refractivity contribution in [3.8, 4) is 0 Å². The predicted molar refractivity (Wildman–Crippen MR) is 93.4 cm³/mol. The van der Waals surface area contributed by atoms with Gasteiger partial charge in [-0.25, -0.2) is 0 Å². The monoisotopic (exact) mass is 484 g/mol. The van der Waals surface area contributed by atoms with E-state index in [2.05, 4.69) is 4.98 Å². The van der Waals surface area contributed by atoms with Crippen LogP contribution in [0.15, 0.2) is 28.2 Å². The number of halogens is 6. The fourth-order valence-electron chi connectivity index (χ4n) is 2.60. The molecule has 1 aromatic heterocycles. The number of benzene rings is 1. The van der Waals surface area contributed by atoms with E-state index in [0.29, 0.717) is 17.0 Å². The standard InChI is InChI=1S/C13H10Cl3F3N2OSSe/c1-12(6-24(14,15)16)5-21-10(22)8-3-2-7(13(17,18)19)4-9(8)20-11(21)23-12/h2-4H,5-6H2,1H3. The van der Waals surface area contributed by atoms with Gasteiger partial charge in [-0.2, -0.15) is 0 Å². The summed E-state index contributed by atoms with van der Waals surface area (Å²) in [6.45, 7) is 2.16. The van der Waals surface area contributed by atoms with E-state index in [9.17, 15) is 18.0 Å². The Morgan fingerprint density at radius 3 is 2.62 bits per heavy atom. The molecule has 132 valence electrons. The van der Waals surface area contributed by atoms with Crippen molar-refractivity contribution in [3.63, 3.8) is 0 Å². The molecule has 0 saturated carbocycles. The first-order chi connectivity index (χ1) is 10.9. The van der Waals surface area contributed by atoms with Crippen LogP contribution in [0.5, 0.6) is 0 Å². The molecular formula is C13H10Cl3F3N2OSSe. The minimum absolute atomic E-state index is 0.0190. The van der Waals surface area contributed by atoms with E-state index in [1.807, 2.05) is 6.92 Å². The van der Waals surface area contributed by atoms with Crippen molar-refractivity contribution < 1.29 is 13.2 Å². The van der Waals surface area contributed by atoms with Crippen LogP contribution in [0.3, 0.4) is 0 Å². The molecule has 24 heavy (non-hydrogen) atoms. The van der Waals surface area contributed by atoms with Crippen LogP contribution in [0.25, 0.3) is 10.9 Å². The molecule has 0 aliphatic carbocycles. The number of nitrogens with zero attached hydrogens (tertiary/aromatic N) is 2. The molecule has 2 aromatic rings. The van der Waals surface area contributed by atoms with E-state index in [4.69, 9.17) is 30.3 Å². The van der Waals surface area contributed by atoms with Crippen LogP contribution in [0, 0.1) is 0 Å². The average Bonchev–Trinajstić information content (AvgIpc) is 2.71. The zero-order valence-corrected chi connectivity index (χ0v) is 16.8. The molecule has 0 N–H and O–H groups in total. The van der Waals surface area contributed by atoms with E-state index in [1.165, 1.54) is 16.3 Å². The first kappa shape index (κ1) is 18.7. The van der Waals surface area contributed by atoms with Gasteiger partial charge in [-0.1, -0.05) is 0 Å². The first-order valence-corrected chi connectivity index (χ1v) is 15.4.